The van der Waals surface area contributed by atoms with Gasteiger partial charge in [-0.25, -0.2) is 4.98 Å². The summed E-state index contributed by atoms with van der Waals surface area (Å²) >= 11 is 1.36. The molecule has 0 saturated heterocycles. The third kappa shape index (κ3) is 4.01. The first-order valence-corrected chi connectivity index (χ1v) is 8.51. The molecule has 0 radical (unpaired) electrons. The summed E-state index contributed by atoms with van der Waals surface area (Å²) in [6, 6.07) is 2.55. The lowest BCUT2D eigenvalue weighted by molar-refractivity contribution is -0.131. The van der Waals surface area contributed by atoms with Crippen LogP contribution in [-0.2, 0) is 4.79 Å². The van der Waals surface area contributed by atoms with E-state index < -0.39 is 0 Å². The van der Waals surface area contributed by atoms with Crippen LogP contribution >= 0.6 is 11.8 Å². The molecule has 0 aliphatic carbocycles. The molecular weight excluding hydrogens is 294 g/mol. The number of carbonyl (C=O) groups is 1. The average molecular weight is 319 g/mol. The Morgan fingerprint density at radius 2 is 1.73 bits per heavy atom. The Morgan fingerprint density at radius 3 is 2.18 bits per heavy atom. The van der Waals surface area contributed by atoms with E-state index in [0.29, 0.717) is 16.3 Å². The van der Waals surface area contributed by atoms with Gasteiger partial charge in [0.2, 0.25) is 5.91 Å². The third-order valence-electron chi connectivity index (χ3n) is 3.81. The molecule has 0 saturated carbocycles. The second-order valence-electron chi connectivity index (χ2n) is 6.02. The number of nitrogens with zero attached hydrogens (tertiary/aromatic N) is 3. The predicted molar refractivity (Wildman–Crippen MR) is 91.0 cm³/mol. The number of amides is 1. The van der Waals surface area contributed by atoms with Crippen molar-refractivity contribution in [2.24, 2.45) is 0 Å². The number of hydrogen-bond donors (Lipinski definition) is 0. The van der Waals surface area contributed by atoms with Gasteiger partial charge in [-0.05, 0) is 59.6 Å². The molecule has 1 amide bonds. The maximum atomic E-state index is 12.4. The third-order valence-corrected chi connectivity index (χ3v) is 4.77. The van der Waals surface area contributed by atoms with Gasteiger partial charge in [0.05, 0.1) is 11.3 Å². The number of carbonyl (C=O) groups excluding carboxylic acids is 1. The SMILES string of the molecule is Cc1nc(SCC(=O)N(C(C)C)C(C)C)c(C#N)c(C)c1C. The van der Waals surface area contributed by atoms with Gasteiger partial charge in [0.15, 0.2) is 0 Å². The van der Waals surface area contributed by atoms with Gasteiger partial charge >= 0.3 is 0 Å². The van der Waals surface area contributed by atoms with Crippen molar-refractivity contribution >= 4 is 17.7 Å². The fourth-order valence-corrected chi connectivity index (χ4v) is 3.48. The molecule has 0 atom stereocenters. The van der Waals surface area contributed by atoms with Crippen LogP contribution in [0.3, 0.4) is 0 Å². The van der Waals surface area contributed by atoms with E-state index >= 15 is 0 Å². The van der Waals surface area contributed by atoms with E-state index in [0.717, 1.165) is 16.8 Å². The van der Waals surface area contributed by atoms with E-state index in [1.165, 1.54) is 11.8 Å². The Hall–Kier alpha value is -1.54. The van der Waals surface area contributed by atoms with Gasteiger partial charge in [-0.2, -0.15) is 5.26 Å². The molecule has 0 unspecified atom stereocenters. The largest absolute Gasteiger partial charge is 0.337 e. The van der Waals surface area contributed by atoms with Gasteiger partial charge < -0.3 is 4.90 Å². The second-order valence-corrected chi connectivity index (χ2v) is 6.98. The molecule has 0 N–H and O–H groups in total. The lowest BCUT2D eigenvalue weighted by Gasteiger charge is -2.30. The van der Waals surface area contributed by atoms with Gasteiger partial charge in [0.25, 0.3) is 0 Å². The van der Waals surface area contributed by atoms with Gasteiger partial charge in [-0.3, -0.25) is 4.79 Å². The van der Waals surface area contributed by atoms with E-state index in [-0.39, 0.29) is 18.0 Å². The molecule has 0 spiro atoms. The molecule has 22 heavy (non-hydrogen) atoms. The minimum absolute atomic E-state index is 0.0802. The molecule has 0 fully saturated rings. The Labute approximate surface area is 137 Å². The Bertz CT molecular complexity index is 595. The molecule has 4 nitrogen and oxygen atoms in total. The first-order chi connectivity index (χ1) is 10.2. The van der Waals surface area contributed by atoms with Crippen molar-refractivity contribution in [3.63, 3.8) is 0 Å². The molecule has 0 aromatic carbocycles. The van der Waals surface area contributed by atoms with Crippen LogP contribution in [0.4, 0.5) is 0 Å². The number of rotatable bonds is 5. The first-order valence-electron chi connectivity index (χ1n) is 7.52. The Kier molecular flexibility index (Phi) is 6.43. The van der Waals surface area contributed by atoms with Crippen molar-refractivity contribution in [2.45, 2.75) is 65.6 Å². The molecule has 0 bridgehead atoms. The number of aromatic nitrogens is 1. The summed E-state index contributed by atoms with van der Waals surface area (Å²) in [7, 11) is 0. The van der Waals surface area contributed by atoms with E-state index in [4.69, 9.17) is 0 Å². The maximum absolute atomic E-state index is 12.4. The molecule has 0 aliphatic heterocycles. The summed E-state index contributed by atoms with van der Waals surface area (Å²) in [6.07, 6.45) is 0. The highest BCUT2D eigenvalue weighted by molar-refractivity contribution is 8.00. The standard InChI is InChI=1S/C17H25N3OS/c1-10(2)20(11(3)4)16(21)9-22-17-15(8-18)13(6)12(5)14(7)19-17/h10-11H,9H2,1-7H3. The van der Waals surface area contributed by atoms with Crippen LogP contribution in [0.25, 0.3) is 0 Å². The summed E-state index contributed by atoms with van der Waals surface area (Å²) < 4.78 is 0. The average Bonchev–Trinajstić information content (AvgIpc) is 2.41. The summed E-state index contributed by atoms with van der Waals surface area (Å²) in [6.45, 7) is 13.9. The van der Waals surface area contributed by atoms with Crippen molar-refractivity contribution in [3.8, 4) is 6.07 Å². The molecular formula is C17H25N3OS. The number of nitriles is 1. The van der Waals surface area contributed by atoms with Crippen LogP contribution in [-0.4, -0.2) is 33.6 Å². The zero-order valence-corrected chi connectivity index (χ0v) is 15.3. The minimum atomic E-state index is 0.0802. The van der Waals surface area contributed by atoms with E-state index in [1.807, 2.05) is 53.4 Å². The summed E-state index contributed by atoms with van der Waals surface area (Å²) in [4.78, 5) is 18.8. The van der Waals surface area contributed by atoms with Crippen molar-refractivity contribution in [2.75, 3.05) is 5.75 Å². The van der Waals surface area contributed by atoms with E-state index in [2.05, 4.69) is 11.1 Å². The van der Waals surface area contributed by atoms with E-state index in [9.17, 15) is 10.1 Å². The van der Waals surface area contributed by atoms with Crippen LogP contribution in [0.2, 0.25) is 0 Å². The van der Waals surface area contributed by atoms with Gasteiger partial charge in [0, 0.05) is 17.8 Å². The molecule has 0 aliphatic rings. The molecule has 1 rings (SSSR count). The van der Waals surface area contributed by atoms with Crippen molar-refractivity contribution < 1.29 is 4.79 Å². The van der Waals surface area contributed by atoms with E-state index in [1.54, 1.807) is 0 Å². The first kappa shape index (κ1) is 18.5. The Balaban J connectivity index is 2.98. The normalized spacial score (nSPS) is 10.9. The van der Waals surface area contributed by atoms with Gasteiger partial charge in [-0.1, -0.05) is 11.8 Å². The van der Waals surface area contributed by atoms with Crippen molar-refractivity contribution in [1.82, 2.24) is 9.88 Å². The van der Waals surface area contributed by atoms with Gasteiger partial charge in [0.1, 0.15) is 11.1 Å². The number of aryl methyl sites for hydroxylation is 1. The zero-order valence-electron chi connectivity index (χ0n) is 14.5. The van der Waals surface area contributed by atoms with Crippen LogP contribution in [0.1, 0.15) is 50.1 Å². The fourth-order valence-electron chi connectivity index (χ4n) is 2.52. The molecule has 1 aromatic heterocycles. The van der Waals surface area contributed by atoms with Crippen LogP contribution < -0.4 is 0 Å². The highest BCUT2D eigenvalue weighted by atomic mass is 32.2. The van der Waals surface area contributed by atoms with Crippen molar-refractivity contribution in [3.05, 3.63) is 22.4 Å². The lowest BCUT2D eigenvalue weighted by atomic mass is 10.1. The summed E-state index contributed by atoms with van der Waals surface area (Å²) in [5, 5.41) is 10.0. The maximum Gasteiger partial charge on any atom is 0.233 e. The molecule has 1 aromatic rings. The van der Waals surface area contributed by atoms with Gasteiger partial charge in [-0.15, -0.1) is 0 Å². The van der Waals surface area contributed by atoms with Crippen LogP contribution in [0.15, 0.2) is 5.03 Å². The highest BCUT2D eigenvalue weighted by Gasteiger charge is 2.21. The molecule has 1 heterocycles. The predicted octanol–water partition coefficient (Wildman–Crippen LogP) is 3.62. The molecule has 5 heteroatoms. The lowest BCUT2D eigenvalue weighted by Crippen LogP contribution is -2.43. The quantitative estimate of drug-likeness (QED) is 0.778. The van der Waals surface area contributed by atoms with Crippen molar-refractivity contribution in [1.29, 1.82) is 5.26 Å². The second kappa shape index (κ2) is 7.64. The number of hydrogen-bond acceptors (Lipinski definition) is 4. The van der Waals surface area contributed by atoms with Crippen LogP contribution in [0, 0.1) is 32.1 Å². The van der Waals surface area contributed by atoms with Crippen LogP contribution in [0.5, 0.6) is 0 Å². The Morgan fingerprint density at radius 1 is 1.18 bits per heavy atom. The zero-order chi connectivity index (χ0) is 17.0. The monoisotopic (exact) mass is 319 g/mol. The number of thioether (sulfide) groups is 1. The molecule has 120 valence electrons. The number of pyridine rings is 1. The highest BCUT2D eigenvalue weighted by Crippen LogP contribution is 2.26. The smallest absolute Gasteiger partial charge is 0.233 e. The summed E-state index contributed by atoms with van der Waals surface area (Å²) in [5.41, 5.74) is 3.49. The fraction of sp³-hybridized carbons (Fsp3) is 0.588. The minimum Gasteiger partial charge on any atom is -0.337 e. The topological polar surface area (TPSA) is 57.0 Å². The summed E-state index contributed by atoms with van der Waals surface area (Å²) in [5.74, 6) is 0.386.